The Morgan fingerprint density at radius 3 is 2.56 bits per heavy atom. The van der Waals surface area contributed by atoms with E-state index in [0.717, 1.165) is 5.52 Å². The number of para-hydroxylation sites is 1. The molecule has 7 nitrogen and oxygen atoms in total. The number of aromatic amines is 1. The third-order valence-electron chi connectivity index (χ3n) is 4.05. The van der Waals surface area contributed by atoms with E-state index in [0.29, 0.717) is 10.9 Å². The number of fused-ring (bicyclic) bond motifs is 1. The first-order valence-electron chi connectivity index (χ1n) is 7.69. The van der Waals surface area contributed by atoms with Gasteiger partial charge in [0, 0.05) is 40.4 Å². The number of carbonyl (C=O) groups excluding carboxylic acids is 1. The van der Waals surface area contributed by atoms with Gasteiger partial charge in [0.1, 0.15) is 0 Å². The lowest BCUT2D eigenvalue weighted by Crippen LogP contribution is -2.38. The van der Waals surface area contributed by atoms with E-state index in [4.69, 9.17) is 4.74 Å². The number of nitro benzene ring substituents is 1. The standard InChI is InChI=1S/C18H16N2O5/c1-2-25-17(21)18(22,12-7-9-13(10-8-12)20(23)24)15-11-19-16-6-4-3-5-14(15)16/h3-11,19,22H,2H2,1H3/t18-/m0/s1. The lowest BCUT2D eigenvalue weighted by Gasteiger charge is -2.26. The molecule has 0 saturated heterocycles. The molecule has 2 aromatic carbocycles. The van der Waals surface area contributed by atoms with Crippen LogP contribution in [0.1, 0.15) is 18.1 Å². The predicted molar refractivity (Wildman–Crippen MR) is 91.0 cm³/mol. The average Bonchev–Trinajstić information content (AvgIpc) is 3.06. The number of rotatable bonds is 5. The Hall–Kier alpha value is -3.19. The van der Waals surface area contributed by atoms with Crippen LogP contribution in [0.15, 0.2) is 54.7 Å². The Balaban J connectivity index is 2.20. The topological polar surface area (TPSA) is 105 Å². The van der Waals surface area contributed by atoms with Crippen LogP contribution >= 0.6 is 0 Å². The quantitative estimate of drug-likeness (QED) is 0.422. The number of hydrogen-bond acceptors (Lipinski definition) is 5. The van der Waals surface area contributed by atoms with Gasteiger partial charge in [-0.1, -0.05) is 18.2 Å². The van der Waals surface area contributed by atoms with E-state index >= 15 is 0 Å². The van der Waals surface area contributed by atoms with Crippen LogP contribution in [0.3, 0.4) is 0 Å². The molecular formula is C18H16N2O5. The van der Waals surface area contributed by atoms with Crippen molar-refractivity contribution in [1.82, 2.24) is 4.98 Å². The summed E-state index contributed by atoms with van der Waals surface area (Å²) in [6.07, 6.45) is 1.54. The van der Waals surface area contributed by atoms with Crippen molar-refractivity contribution >= 4 is 22.6 Å². The molecule has 0 unspecified atom stereocenters. The zero-order chi connectivity index (χ0) is 18.0. The van der Waals surface area contributed by atoms with E-state index in [1.165, 1.54) is 24.3 Å². The van der Waals surface area contributed by atoms with Gasteiger partial charge in [0.15, 0.2) is 0 Å². The summed E-state index contributed by atoms with van der Waals surface area (Å²) in [6, 6.07) is 12.4. The fraction of sp³-hybridized carbons (Fsp3) is 0.167. The van der Waals surface area contributed by atoms with Gasteiger partial charge < -0.3 is 14.8 Å². The van der Waals surface area contributed by atoms with Crippen LogP contribution in [-0.4, -0.2) is 27.6 Å². The number of esters is 1. The van der Waals surface area contributed by atoms with Gasteiger partial charge in [-0.3, -0.25) is 10.1 Å². The van der Waals surface area contributed by atoms with E-state index in [-0.39, 0.29) is 17.9 Å². The Kier molecular flexibility index (Phi) is 4.24. The van der Waals surface area contributed by atoms with Crippen LogP contribution in [0.4, 0.5) is 5.69 Å². The SMILES string of the molecule is CCOC(=O)[C@](O)(c1ccc([N+](=O)[O-])cc1)c1c[nH]c2ccccc12. The maximum atomic E-state index is 12.6. The van der Waals surface area contributed by atoms with Gasteiger partial charge in [-0.05, 0) is 25.1 Å². The van der Waals surface area contributed by atoms with Crippen LogP contribution in [0.2, 0.25) is 0 Å². The summed E-state index contributed by atoms with van der Waals surface area (Å²) in [7, 11) is 0. The number of hydrogen-bond donors (Lipinski definition) is 2. The van der Waals surface area contributed by atoms with Gasteiger partial charge in [0.2, 0.25) is 5.60 Å². The van der Waals surface area contributed by atoms with Crippen molar-refractivity contribution in [2.45, 2.75) is 12.5 Å². The molecule has 1 atom stereocenters. The monoisotopic (exact) mass is 340 g/mol. The number of aliphatic hydroxyl groups is 1. The molecule has 3 rings (SSSR count). The number of carbonyl (C=O) groups is 1. The lowest BCUT2D eigenvalue weighted by molar-refractivity contribution is -0.384. The summed E-state index contributed by atoms with van der Waals surface area (Å²) in [6.45, 7) is 1.74. The first-order chi connectivity index (χ1) is 12.0. The van der Waals surface area contributed by atoms with Gasteiger partial charge in [-0.2, -0.15) is 0 Å². The van der Waals surface area contributed by atoms with Crippen LogP contribution in [-0.2, 0) is 15.1 Å². The molecule has 0 radical (unpaired) electrons. The van der Waals surface area contributed by atoms with Crippen molar-refractivity contribution in [3.8, 4) is 0 Å². The van der Waals surface area contributed by atoms with Crippen LogP contribution in [0, 0.1) is 10.1 Å². The maximum absolute atomic E-state index is 12.6. The van der Waals surface area contributed by atoms with Gasteiger partial charge in [-0.25, -0.2) is 4.79 Å². The minimum Gasteiger partial charge on any atom is -0.463 e. The number of nitrogens with one attached hydrogen (secondary N) is 1. The number of ether oxygens (including phenoxy) is 1. The van der Waals surface area contributed by atoms with E-state index in [9.17, 15) is 20.0 Å². The molecule has 0 amide bonds. The van der Waals surface area contributed by atoms with Crippen LogP contribution < -0.4 is 0 Å². The van der Waals surface area contributed by atoms with Crippen LogP contribution in [0.5, 0.6) is 0 Å². The summed E-state index contributed by atoms with van der Waals surface area (Å²) < 4.78 is 5.08. The molecule has 0 fully saturated rings. The third kappa shape index (κ3) is 2.74. The highest BCUT2D eigenvalue weighted by atomic mass is 16.6. The zero-order valence-electron chi connectivity index (χ0n) is 13.4. The minimum absolute atomic E-state index is 0.0937. The summed E-state index contributed by atoms with van der Waals surface area (Å²) in [5, 5.41) is 22.8. The Labute approximate surface area is 143 Å². The molecule has 2 N–H and O–H groups in total. The highest BCUT2D eigenvalue weighted by molar-refractivity contribution is 5.94. The molecule has 3 aromatic rings. The number of non-ortho nitro benzene ring substituents is 1. The van der Waals surface area contributed by atoms with Crippen LogP contribution in [0.25, 0.3) is 10.9 Å². The molecule has 7 heteroatoms. The number of benzene rings is 2. The molecule has 0 aliphatic heterocycles. The lowest BCUT2D eigenvalue weighted by atomic mass is 9.86. The minimum atomic E-state index is -2.08. The van der Waals surface area contributed by atoms with Crippen molar-refractivity contribution in [2.24, 2.45) is 0 Å². The second-order valence-corrected chi connectivity index (χ2v) is 5.48. The van der Waals surface area contributed by atoms with E-state index in [1.807, 2.05) is 12.1 Å². The predicted octanol–water partition coefficient (Wildman–Crippen LogP) is 2.88. The number of H-pyrrole nitrogens is 1. The van der Waals surface area contributed by atoms with Gasteiger partial charge in [0.05, 0.1) is 11.5 Å². The molecular weight excluding hydrogens is 324 g/mol. The number of nitrogens with zero attached hydrogens (tertiary/aromatic N) is 1. The van der Waals surface area contributed by atoms with Gasteiger partial charge >= 0.3 is 5.97 Å². The fourth-order valence-electron chi connectivity index (χ4n) is 2.81. The van der Waals surface area contributed by atoms with Gasteiger partial charge in [0.25, 0.3) is 5.69 Å². The molecule has 128 valence electrons. The summed E-state index contributed by atoms with van der Waals surface area (Å²) >= 11 is 0. The Morgan fingerprint density at radius 1 is 1.24 bits per heavy atom. The highest BCUT2D eigenvalue weighted by Gasteiger charge is 2.43. The van der Waals surface area contributed by atoms with Crippen molar-refractivity contribution in [3.05, 3.63) is 76.0 Å². The number of aromatic nitrogens is 1. The fourth-order valence-corrected chi connectivity index (χ4v) is 2.81. The van der Waals surface area contributed by atoms with Crippen molar-refractivity contribution in [1.29, 1.82) is 0 Å². The normalized spacial score (nSPS) is 13.4. The molecule has 0 aliphatic carbocycles. The highest BCUT2D eigenvalue weighted by Crippen LogP contribution is 2.36. The largest absolute Gasteiger partial charge is 0.463 e. The van der Waals surface area contributed by atoms with E-state index in [2.05, 4.69) is 4.98 Å². The van der Waals surface area contributed by atoms with Crippen molar-refractivity contribution < 1.29 is 19.6 Å². The summed E-state index contributed by atoms with van der Waals surface area (Å²) in [5.74, 6) is -0.839. The molecule has 0 aliphatic rings. The van der Waals surface area contributed by atoms with Crippen molar-refractivity contribution in [2.75, 3.05) is 6.61 Å². The summed E-state index contributed by atoms with van der Waals surface area (Å²) in [5.41, 5.74) is -0.933. The second-order valence-electron chi connectivity index (χ2n) is 5.48. The first kappa shape index (κ1) is 16.7. The molecule has 0 saturated carbocycles. The zero-order valence-corrected chi connectivity index (χ0v) is 13.4. The molecule has 1 heterocycles. The molecule has 25 heavy (non-hydrogen) atoms. The number of nitro groups is 1. The molecule has 0 bridgehead atoms. The second kappa shape index (κ2) is 6.37. The Bertz CT molecular complexity index is 932. The van der Waals surface area contributed by atoms with E-state index < -0.39 is 16.5 Å². The maximum Gasteiger partial charge on any atom is 0.347 e. The molecule has 0 spiro atoms. The van der Waals surface area contributed by atoms with Crippen molar-refractivity contribution in [3.63, 3.8) is 0 Å². The average molecular weight is 340 g/mol. The Morgan fingerprint density at radius 2 is 1.92 bits per heavy atom. The molecule has 1 aromatic heterocycles. The van der Waals surface area contributed by atoms with E-state index in [1.54, 1.807) is 25.3 Å². The summed E-state index contributed by atoms with van der Waals surface area (Å²) in [4.78, 5) is 25.9. The smallest absolute Gasteiger partial charge is 0.347 e. The first-order valence-corrected chi connectivity index (χ1v) is 7.69. The van der Waals surface area contributed by atoms with Gasteiger partial charge in [-0.15, -0.1) is 0 Å². The third-order valence-corrected chi connectivity index (χ3v) is 4.05.